The van der Waals surface area contributed by atoms with E-state index in [1.54, 1.807) is 27.7 Å². The molecule has 3 rings (SSSR count). The zero-order valence-corrected chi connectivity index (χ0v) is 24.7. The maximum absolute atomic E-state index is 14.1. The molecule has 0 amide bonds. The average Bonchev–Trinajstić information content (AvgIpc) is 2.86. The number of aromatic hydroxyl groups is 1. The van der Waals surface area contributed by atoms with Crippen LogP contribution in [-0.2, 0) is 22.4 Å². The number of fused-ring (bicyclic) bond motifs is 2. The first kappa shape index (κ1) is 30.5. The van der Waals surface area contributed by atoms with Gasteiger partial charge in [0, 0.05) is 23.3 Å². The zero-order valence-electron chi connectivity index (χ0n) is 24.7. The summed E-state index contributed by atoms with van der Waals surface area (Å²) in [6, 6.07) is 2.89. The lowest BCUT2D eigenvalue weighted by atomic mass is 9.98. The maximum atomic E-state index is 14.1. The highest BCUT2D eigenvalue weighted by Crippen LogP contribution is 2.42. The number of ether oxygens (including phenoxy) is 3. The molecule has 0 saturated carbocycles. The molecule has 0 radical (unpaired) electrons. The van der Waals surface area contributed by atoms with Crippen LogP contribution in [0.2, 0.25) is 0 Å². The Morgan fingerprint density at radius 1 is 0.825 bits per heavy atom. The Balaban J connectivity index is 2.47. The predicted molar refractivity (Wildman–Crippen MR) is 155 cm³/mol. The lowest BCUT2D eigenvalue weighted by molar-refractivity contribution is -0.138. The highest BCUT2D eigenvalue weighted by Gasteiger charge is 2.26. The van der Waals surface area contributed by atoms with Crippen LogP contribution in [0, 0.1) is 11.8 Å². The van der Waals surface area contributed by atoms with E-state index < -0.39 is 29.2 Å². The van der Waals surface area contributed by atoms with Crippen molar-refractivity contribution in [2.45, 2.75) is 68.2 Å². The van der Waals surface area contributed by atoms with Crippen LogP contribution in [0.4, 0.5) is 0 Å². The summed E-state index contributed by atoms with van der Waals surface area (Å²) >= 11 is 0. The number of carbonyl (C=O) groups excluding carboxylic acids is 2. The van der Waals surface area contributed by atoms with Crippen LogP contribution >= 0.6 is 0 Å². The van der Waals surface area contributed by atoms with Crippen LogP contribution < -0.4 is 19.6 Å². The van der Waals surface area contributed by atoms with Crippen molar-refractivity contribution in [3.8, 4) is 23.0 Å². The van der Waals surface area contributed by atoms with Crippen molar-refractivity contribution < 1.29 is 33.3 Å². The molecule has 0 unspecified atom stereocenters. The molecular formula is C32H38O8. The fourth-order valence-corrected chi connectivity index (χ4v) is 4.05. The third-order valence-corrected chi connectivity index (χ3v) is 6.31. The van der Waals surface area contributed by atoms with E-state index in [4.69, 9.17) is 18.6 Å². The van der Waals surface area contributed by atoms with E-state index in [0.29, 0.717) is 17.5 Å². The number of rotatable bonds is 9. The predicted octanol–water partition coefficient (Wildman–Crippen LogP) is 6.80. The molecule has 1 aromatic heterocycles. The van der Waals surface area contributed by atoms with Gasteiger partial charge < -0.3 is 23.7 Å². The number of methoxy groups -OCH3 is 1. The second-order valence-corrected chi connectivity index (χ2v) is 10.9. The number of hydrogen-bond acceptors (Lipinski definition) is 8. The second kappa shape index (κ2) is 12.4. The van der Waals surface area contributed by atoms with E-state index in [1.165, 1.54) is 19.2 Å². The van der Waals surface area contributed by atoms with E-state index in [0.717, 1.165) is 11.1 Å². The summed E-state index contributed by atoms with van der Waals surface area (Å²) in [4.78, 5) is 39.1. The van der Waals surface area contributed by atoms with Gasteiger partial charge in [-0.25, -0.2) is 0 Å². The number of allylic oxidation sites excluding steroid dienone is 4. The largest absolute Gasteiger partial charge is 0.507 e. The summed E-state index contributed by atoms with van der Waals surface area (Å²) in [6.45, 7) is 14.5. The first-order chi connectivity index (χ1) is 18.8. The fourth-order valence-electron chi connectivity index (χ4n) is 4.05. The lowest BCUT2D eigenvalue weighted by Gasteiger charge is -2.18. The van der Waals surface area contributed by atoms with Gasteiger partial charge in [0.15, 0.2) is 11.5 Å². The maximum Gasteiger partial charge on any atom is 0.313 e. The number of phenols is 1. The van der Waals surface area contributed by atoms with Gasteiger partial charge in [-0.1, -0.05) is 51.0 Å². The summed E-state index contributed by atoms with van der Waals surface area (Å²) in [7, 11) is 1.44. The Bertz CT molecular complexity index is 1580. The quantitative estimate of drug-likeness (QED) is 0.134. The molecule has 0 spiro atoms. The highest BCUT2D eigenvalue weighted by atomic mass is 16.6. The summed E-state index contributed by atoms with van der Waals surface area (Å²) in [5, 5.41) is 11.6. The van der Waals surface area contributed by atoms with Gasteiger partial charge in [0.05, 0.1) is 24.3 Å². The molecule has 214 valence electrons. The van der Waals surface area contributed by atoms with E-state index in [1.807, 2.05) is 39.8 Å². The topological polar surface area (TPSA) is 112 Å². The van der Waals surface area contributed by atoms with Crippen LogP contribution in [0.5, 0.6) is 23.0 Å². The molecule has 2 aromatic carbocycles. The van der Waals surface area contributed by atoms with Crippen LogP contribution in [0.15, 0.2) is 44.6 Å². The van der Waals surface area contributed by atoms with Gasteiger partial charge in [0.1, 0.15) is 28.1 Å². The van der Waals surface area contributed by atoms with Gasteiger partial charge in [0.2, 0.25) is 5.43 Å². The first-order valence-electron chi connectivity index (χ1n) is 13.3. The van der Waals surface area contributed by atoms with Gasteiger partial charge in [0.25, 0.3) is 0 Å². The fraction of sp³-hybridized carbons (Fsp3) is 0.406. The summed E-state index contributed by atoms with van der Waals surface area (Å²) in [5.41, 5.74) is 2.45. The van der Waals surface area contributed by atoms with Gasteiger partial charge >= 0.3 is 11.9 Å². The monoisotopic (exact) mass is 550 g/mol. The van der Waals surface area contributed by atoms with Crippen LogP contribution in [0.3, 0.4) is 0 Å². The van der Waals surface area contributed by atoms with Gasteiger partial charge in [-0.3, -0.25) is 14.4 Å². The van der Waals surface area contributed by atoms with Crippen molar-refractivity contribution in [2.24, 2.45) is 11.8 Å². The summed E-state index contributed by atoms with van der Waals surface area (Å²) in [6.07, 6.45) is 4.32. The minimum atomic E-state index is -0.489. The van der Waals surface area contributed by atoms with Crippen LogP contribution in [0.1, 0.15) is 66.5 Å². The molecule has 0 aliphatic rings. The molecule has 0 saturated heterocycles. The van der Waals surface area contributed by atoms with Crippen molar-refractivity contribution in [3.63, 3.8) is 0 Å². The Hall–Kier alpha value is -4.07. The van der Waals surface area contributed by atoms with Crippen molar-refractivity contribution in [3.05, 3.63) is 56.8 Å². The molecule has 0 atom stereocenters. The Kier molecular flexibility index (Phi) is 9.45. The first-order valence-corrected chi connectivity index (χ1v) is 13.3. The second-order valence-electron chi connectivity index (χ2n) is 10.9. The van der Waals surface area contributed by atoms with E-state index in [2.05, 4.69) is 0 Å². The molecule has 0 aliphatic carbocycles. The van der Waals surface area contributed by atoms with Crippen molar-refractivity contribution in [1.29, 1.82) is 0 Å². The van der Waals surface area contributed by atoms with Crippen molar-refractivity contribution >= 4 is 33.9 Å². The Labute approximate surface area is 234 Å². The van der Waals surface area contributed by atoms with Crippen LogP contribution in [-0.4, -0.2) is 24.2 Å². The number of phenolic OH excluding ortho intramolecular Hbond substituents is 1. The minimum Gasteiger partial charge on any atom is -0.507 e. The van der Waals surface area contributed by atoms with Gasteiger partial charge in [-0.15, -0.1) is 0 Å². The summed E-state index contributed by atoms with van der Waals surface area (Å²) in [5.74, 6) is -1.65. The van der Waals surface area contributed by atoms with E-state index in [9.17, 15) is 19.5 Å². The molecule has 0 bridgehead atoms. The summed E-state index contributed by atoms with van der Waals surface area (Å²) < 4.78 is 23.1. The highest BCUT2D eigenvalue weighted by molar-refractivity contribution is 5.98. The molecule has 0 aliphatic heterocycles. The molecular weight excluding hydrogens is 512 g/mol. The lowest BCUT2D eigenvalue weighted by Crippen LogP contribution is -2.17. The number of esters is 2. The molecule has 1 N–H and O–H groups in total. The molecule has 3 aromatic rings. The molecule has 8 nitrogen and oxygen atoms in total. The molecule has 8 heteroatoms. The Morgan fingerprint density at radius 3 is 1.80 bits per heavy atom. The molecule has 1 heterocycles. The van der Waals surface area contributed by atoms with Crippen molar-refractivity contribution in [1.82, 2.24) is 0 Å². The minimum absolute atomic E-state index is 0.0296. The van der Waals surface area contributed by atoms with Crippen molar-refractivity contribution in [2.75, 3.05) is 7.11 Å². The number of hydrogen-bond donors (Lipinski definition) is 1. The standard InChI is InChI=1S/C32H38O8/c1-16(2)10-12-20-22(39-31(35)18(5)6)14-24-27(28(20)33)29(34)26-21(13-11-17(3)4)30(37-9)25(15-23(26)38-24)40-32(36)19(7)8/h10-11,14-15,18-19,33H,12-13H2,1-9H3. The third kappa shape index (κ3) is 6.38. The van der Waals surface area contributed by atoms with E-state index in [-0.39, 0.29) is 51.4 Å². The zero-order chi connectivity index (χ0) is 29.9. The molecule has 0 fully saturated rings. The van der Waals surface area contributed by atoms with Gasteiger partial charge in [-0.05, 0) is 40.5 Å². The third-order valence-electron chi connectivity index (χ3n) is 6.31. The van der Waals surface area contributed by atoms with Gasteiger partial charge in [-0.2, -0.15) is 0 Å². The normalized spacial score (nSPS) is 11.2. The average molecular weight is 551 g/mol. The SMILES string of the molecule is COc1c(OC(=O)C(C)C)cc2oc3cc(OC(=O)C(C)C)c(CC=C(C)C)c(O)c3c(=O)c2c1CC=C(C)C. The van der Waals surface area contributed by atoms with Crippen LogP contribution in [0.25, 0.3) is 21.9 Å². The number of benzene rings is 2. The number of carbonyl (C=O) groups is 2. The smallest absolute Gasteiger partial charge is 0.313 e. The molecule has 40 heavy (non-hydrogen) atoms. The van der Waals surface area contributed by atoms with E-state index >= 15 is 0 Å². The Morgan fingerprint density at radius 2 is 1.30 bits per heavy atom.